The van der Waals surface area contributed by atoms with E-state index in [-0.39, 0.29) is 23.3 Å². The van der Waals surface area contributed by atoms with E-state index in [1.54, 1.807) is 42.9 Å². The van der Waals surface area contributed by atoms with Crippen LogP contribution in [0.1, 0.15) is 16.7 Å². The number of pyridine rings is 2. The molecule has 4 heterocycles. The number of aromatic nitrogens is 6. The Labute approximate surface area is 269 Å². The van der Waals surface area contributed by atoms with Gasteiger partial charge in [0.2, 0.25) is 0 Å². The maximum atomic E-state index is 16.3. The summed E-state index contributed by atoms with van der Waals surface area (Å²) in [6.45, 7) is 1.26. The zero-order chi connectivity index (χ0) is 32.5. The van der Waals surface area contributed by atoms with Crippen LogP contribution in [0.5, 0.6) is 0 Å². The Balaban J connectivity index is 1.22. The van der Waals surface area contributed by atoms with Crippen LogP contribution in [0.2, 0.25) is 0 Å². The Morgan fingerprint density at radius 2 is 1.64 bits per heavy atom. The van der Waals surface area contributed by atoms with Gasteiger partial charge in [0.05, 0.1) is 27.9 Å². The van der Waals surface area contributed by atoms with Gasteiger partial charge in [-0.2, -0.15) is 5.10 Å². The van der Waals surface area contributed by atoms with E-state index in [1.807, 2.05) is 24.3 Å². The van der Waals surface area contributed by atoms with Crippen molar-refractivity contribution in [2.45, 2.75) is 19.5 Å². The molecular formula is C35H29F2N7O2S. The molecule has 0 bridgehead atoms. The topological polar surface area (TPSA) is 129 Å². The number of hydrogen-bond donors (Lipinski definition) is 3. The average Bonchev–Trinajstić information content (AvgIpc) is 3.69. The molecule has 0 amide bonds. The molecule has 9 nitrogen and oxygen atoms in total. The van der Waals surface area contributed by atoms with Crippen LogP contribution >= 0.6 is 0 Å². The first-order valence-electron chi connectivity index (χ1n) is 14.9. The molecule has 7 aromatic rings. The number of H-pyrrole nitrogens is 2. The van der Waals surface area contributed by atoms with Crippen LogP contribution in [0.25, 0.3) is 55.8 Å². The van der Waals surface area contributed by atoms with Crippen molar-refractivity contribution in [3.05, 3.63) is 120 Å². The van der Waals surface area contributed by atoms with Gasteiger partial charge in [-0.05, 0) is 65.6 Å². The molecule has 0 spiro atoms. The van der Waals surface area contributed by atoms with Crippen LogP contribution < -0.4 is 5.32 Å². The minimum absolute atomic E-state index is 0.106. The largest absolute Gasteiger partial charge is 0.336 e. The van der Waals surface area contributed by atoms with Crippen LogP contribution in [0.4, 0.5) is 8.78 Å². The fourth-order valence-corrected chi connectivity index (χ4v) is 6.25. The summed E-state index contributed by atoms with van der Waals surface area (Å²) in [4.78, 5) is 16.8. The lowest BCUT2D eigenvalue weighted by molar-refractivity contribution is 0.600. The van der Waals surface area contributed by atoms with E-state index in [4.69, 9.17) is 4.98 Å². The summed E-state index contributed by atoms with van der Waals surface area (Å²) < 4.78 is 54.4. The van der Waals surface area contributed by atoms with Gasteiger partial charge in [-0.1, -0.05) is 30.3 Å². The van der Waals surface area contributed by atoms with E-state index in [0.29, 0.717) is 63.4 Å². The number of rotatable bonds is 10. The van der Waals surface area contributed by atoms with E-state index < -0.39 is 21.5 Å². The van der Waals surface area contributed by atoms with Crippen molar-refractivity contribution in [2.75, 3.05) is 12.0 Å². The SMILES string of the molecule is CS(=O)(=O)CCc1cc(F)cc(-c2nccc3[nH]c(-c4n[nH]c5ccc(-c6cncc(CNCc7ccccc7)c6)c(F)c45)nc23)c1. The minimum Gasteiger partial charge on any atom is -0.336 e. The Morgan fingerprint density at radius 1 is 0.830 bits per heavy atom. The van der Waals surface area contributed by atoms with Crippen LogP contribution in [-0.4, -0.2) is 50.6 Å². The van der Waals surface area contributed by atoms with Crippen LogP contribution in [0.3, 0.4) is 0 Å². The molecule has 0 aliphatic heterocycles. The molecule has 4 aromatic heterocycles. The van der Waals surface area contributed by atoms with Crippen molar-refractivity contribution in [1.29, 1.82) is 0 Å². The quantitative estimate of drug-likeness (QED) is 0.157. The molecule has 0 radical (unpaired) electrons. The lowest BCUT2D eigenvalue weighted by Crippen LogP contribution is -2.12. The van der Waals surface area contributed by atoms with Crippen molar-refractivity contribution >= 4 is 31.8 Å². The number of imidazole rings is 1. The number of sulfone groups is 1. The Kier molecular flexibility index (Phi) is 8.04. The minimum atomic E-state index is -3.23. The second-order valence-electron chi connectivity index (χ2n) is 11.5. The number of aryl methyl sites for hydroxylation is 1. The van der Waals surface area contributed by atoms with Crippen molar-refractivity contribution in [2.24, 2.45) is 0 Å². The zero-order valence-electron chi connectivity index (χ0n) is 25.3. The standard InChI is InChI=1S/C35H29F2N7O2S/c1-47(45,46)12-10-22-13-24(16-26(36)15-22)32-33-29(9-11-40-32)41-35(42-33)34-30-28(43-44-34)8-7-27(31(30)37)25-14-23(19-39-20-25)18-38-17-21-5-3-2-4-6-21/h2-9,11,13-16,19-20,38H,10,12,17-18H2,1H3,(H,41,42)(H,43,44). The highest BCUT2D eigenvalue weighted by atomic mass is 32.2. The predicted octanol–water partition coefficient (Wildman–Crippen LogP) is 6.39. The molecule has 3 N–H and O–H groups in total. The molecule has 12 heteroatoms. The highest BCUT2D eigenvalue weighted by Gasteiger charge is 2.21. The Morgan fingerprint density at radius 3 is 2.47 bits per heavy atom. The second-order valence-corrected chi connectivity index (χ2v) is 13.7. The molecule has 236 valence electrons. The lowest BCUT2D eigenvalue weighted by Gasteiger charge is -2.09. The zero-order valence-corrected chi connectivity index (χ0v) is 26.1. The lowest BCUT2D eigenvalue weighted by atomic mass is 10.0. The van der Waals surface area contributed by atoms with Crippen molar-refractivity contribution in [1.82, 2.24) is 35.5 Å². The maximum absolute atomic E-state index is 16.3. The van der Waals surface area contributed by atoms with Gasteiger partial charge in [0.15, 0.2) is 5.82 Å². The number of benzene rings is 3. The molecular weight excluding hydrogens is 620 g/mol. The van der Waals surface area contributed by atoms with Gasteiger partial charge in [0, 0.05) is 54.6 Å². The molecule has 7 rings (SSSR count). The highest BCUT2D eigenvalue weighted by Crippen LogP contribution is 2.35. The third-order valence-corrected chi connectivity index (χ3v) is 8.84. The monoisotopic (exact) mass is 649 g/mol. The van der Waals surface area contributed by atoms with Gasteiger partial charge in [-0.15, -0.1) is 0 Å². The number of fused-ring (bicyclic) bond motifs is 2. The first-order valence-corrected chi connectivity index (χ1v) is 17.0. The van der Waals surface area contributed by atoms with E-state index in [2.05, 4.69) is 42.6 Å². The van der Waals surface area contributed by atoms with Crippen LogP contribution in [0.15, 0.2) is 91.4 Å². The van der Waals surface area contributed by atoms with Crippen LogP contribution in [0, 0.1) is 11.6 Å². The fourth-order valence-electron chi connectivity index (χ4n) is 5.64. The number of halogens is 2. The van der Waals surface area contributed by atoms with E-state index in [0.717, 1.165) is 11.8 Å². The first kappa shape index (κ1) is 30.3. The summed E-state index contributed by atoms with van der Waals surface area (Å²) >= 11 is 0. The normalized spacial score (nSPS) is 11.9. The molecule has 0 fully saturated rings. The molecule has 0 saturated carbocycles. The first-order chi connectivity index (χ1) is 22.7. The number of nitrogens with one attached hydrogen (secondary N) is 3. The summed E-state index contributed by atoms with van der Waals surface area (Å²) in [5.74, 6) is -0.783. The number of aromatic amines is 2. The third-order valence-electron chi connectivity index (χ3n) is 7.89. The van der Waals surface area contributed by atoms with Gasteiger partial charge >= 0.3 is 0 Å². The molecule has 47 heavy (non-hydrogen) atoms. The molecule has 0 atom stereocenters. The highest BCUT2D eigenvalue weighted by molar-refractivity contribution is 7.90. The van der Waals surface area contributed by atoms with Gasteiger partial charge in [-0.25, -0.2) is 22.2 Å². The summed E-state index contributed by atoms with van der Waals surface area (Å²) in [5.41, 5.74) is 6.27. The fraction of sp³-hybridized carbons (Fsp3) is 0.143. The van der Waals surface area contributed by atoms with E-state index >= 15 is 4.39 Å². The summed E-state index contributed by atoms with van der Waals surface area (Å²) in [5, 5.41) is 11.0. The summed E-state index contributed by atoms with van der Waals surface area (Å²) in [7, 11) is -3.23. The summed E-state index contributed by atoms with van der Waals surface area (Å²) in [6, 6.07) is 21.5. The molecule has 0 aliphatic rings. The van der Waals surface area contributed by atoms with Crippen molar-refractivity contribution in [3.8, 4) is 33.9 Å². The Hall–Kier alpha value is -5.33. The Bertz CT molecular complexity index is 2360. The van der Waals surface area contributed by atoms with Gasteiger partial charge in [0.25, 0.3) is 0 Å². The smallest absolute Gasteiger partial charge is 0.159 e. The molecule has 0 saturated heterocycles. The van der Waals surface area contributed by atoms with Crippen molar-refractivity contribution in [3.63, 3.8) is 0 Å². The summed E-state index contributed by atoms with van der Waals surface area (Å²) in [6.07, 6.45) is 6.26. The maximum Gasteiger partial charge on any atom is 0.159 e. The third kappa shape index (κ3) is 6.51. The van der Waals surface area contributed by atoms with Gasteiger partial charge < -0.3 is 10.3 Å². The molecule has 0 unspecified atom stereocenters. The predicted molar refractivity (Wildman–Crippen MR) is 178 cm³/mol. The number of nitrogens with zero attached hydrogens (tertiary/aromatic N) is 4. The average molecular weight is 650 g/mol. The second kappa shape index (κ2) is 12.5. The van der Waals surface area contributed by atoms with Crippen LogP contribution in [-0.2, 0) is 29.3 Å². The van der Waals surface area contributed by atoms with Gasteiger partial charge in [0.1, 0.15) is 32.7 Å². The number of hydrogen-bond acceptors (Lipinski definition) is 7. The van der Waals surface area contributed by atoms with Crippen molar-refractivity contribution < 1.29 is 17.2 Å². The molecule has 3 aromatic carbocycles. The van der Waals surface area contributed by atoms with E-state index in [9.17, 15) is 12.8 Å². The molecule has 0 aliphatic carbocycles. The van der Waals surface area contributed by atoms with E-state index in [1.165, 1.54) is 17.7 Å². The van der Waals surface area contributed by atoms with Gasteiger partial charge in [-0.3, -0.25) is 15.1 Å².